The van der Waals surface area contributed by atoms with Crippen molar-refractivity contribution in [1.29, 1.82) is 0 Å². The van der Waals surface area contributed by atoms with Gasteiger partial charge in [0.1, 0.15) is 11.6 Å². The van der Waals surface area contributed by atoms with Gasteiger partial charge >= 0.3 is 11.4 Å². The third-order valence-electron chi connectivity index (χ3n) is 4.71. The van der Waals surface area contributed by atoms with Gasteiger partial charge in [0.2, 0.25) is 11.8 Å². The van der Waals surface area contributed by atoms with E-state index in [0.717, 1.165) is 10.1 Å². The Kier molecular flexibility index (Phi) is 6.36. The summed E-state index contributed by atoms with van der Waals surface area (Å²) < 4.78 is 8.11. The smallest absolute Gasteiger partial charge is 0.354 e. The van der Waals surface area contributed by atoms with Crippen LogP contribution in [0.1, 0.15) is 12.5 Å². The molecule has 168 valence electrons. The SMILES string of the molecule is CCn1c(=O)nc(Nc2ccc(Oc3ccc(N)nn3)cc2)n(Cc2ccc(Cl)cc2)c1=O. The molecule has 3 N–H and O–H groups in total. The molecule has 0 radical (unpaired) electrons. The number of hydrogen-bond donors (Lipinski definition) is 2. The van der Waals surface area contributed by atoms with Crippen molar-refractivity contribution in [2.45, 2.75) is 20.0 Å². The van der Waals surface area contributed by atoms with Crippen molar-refractivity contribution in [1.82, 2.24) is 24.3 Å². The van der Waals surface area contributed by atoms with E-state index in [0.29, 0.717) is 28.2 Å². The number of rotatable bonds is 7. The van der Waals surface area contributed by atoms with Crippen molar-refractivity contribution in [2.24, 2.45) is 0 Å². The van der Waals surface area contributed by atoms with Gasteiger partial charge in [-0.2, -0.15) is 4.98 Å². The summed E-state index contributed by atoms with van der Waals surface area (Å²) in [6, 6.07) is 17.2. The molecule has 33 heavy (non-hydrogen) atoms. The molecule has 4 rings (SSSR count). The fourth-order valence-corrected chi connectivity index (χ4v) is 3.18. The monoisotopic (exact) mass is 465 g/mol. The van der Waals surface area contributed by atoms with Gasteiger partial charge < -0.3 is 15.8 Å². The maximum atomic E-state index is 13.0. The number of aromatic nitrogens is 5. The minimum atomic E-state index is -0.626. The zero-order valence-electron chi connectivity index (χ0n) is 17.6. The van der Waals surface area contributed by atoms with Gasteiger partial charge in [0.05, 0.1) is 6.54 Å². The van der Waals surface area contributed by atoms with Crippen LogP contribution >= 0.6 is 11.6 Å². The van der Waals surface area contributed by atoms with E-state index in [1.165, 1.54) is 4.57 Å². The summed E-state index contributed by atoms with van der Waals surface area (Å²) in [6.07, 6.45) is 0. The van der Waals surface area contributed by atoms with E-state index < -0.39 is 11.4 Å². The maximum absolute atomic E-state index is 13.0. The average Bonchev–Trinajstić information content (AvgIpc) is 2.81. The fraction of sp³-hybridized carbons (Fsp3) is 0.136. The van der Waals surface area contributed by atoms with E-state index in [4.69, 9.17) is 22.1 Å². The van der Waals surface area contributed by atoms with Crippen LogP contribution in [-0.4, -0.2) is 24.3 Å². The second-order valence-electron chi connectivity index (χ2n) is 7.01. The number of nitrogens with zero attached hydrogens (tertiary/aromatic N) is 5. The van der Waals surface area contributed by atoms with Crippen LogP contribution in [0.2, 0.25) is 5.02 Å². The largest absolute Gasteiger partial charge is 0.438 e. The third kappa shape index (κ3) is 5.18. The zero-order valence-corrected chi connectivity index (χ0v) is 18.4. The lowest BCUT2D eigenvalue weighted by atomic mass is 10.2. The van der Waals surface area contributed by atoms with E-state index in [-0.39, 0.29) is 19.0 Å². The Morgan fingerprint density at radius 1 is 0.970 bits per heavy atom. The molecule has 0 saturated heterocycles. The molecule has 2 aromatic carbocycles. The molecule has 10 nitrogen and oxygen atoms in total. The zero-order chi connectivity index (χ0) is 23.4. The Labute approximate surface area is 193 Å². The van der Waals surface area contributed by atoms with E-state index >= 15 is 0 Å². The highest BCUT2D eigenvalue weighted by Crippen LogP contribution is 2.23. The Morgan fingerprint density at radius 2 is 1.70 bits per heavy atom. The number of nitrogen functional groups attached to an aromatic ring is 1. The van der Waals surface area contributed by atoms with Gasteiger partial charge in [-0.25, -0.2) is 14.2 Å². The number of benzene rings is 2. The van der Waals surface area contributed by atoms with Gasteiger partial charge in [0, 0.05) is 23.3 Å². The summed E-state index contributed by atoms with van der Waals surface area (Å²) in [5.74, 6) is 1.24. The second kappa shape index (κ2) is 9.53. The van der Waals surface area contributed by atoms with Crippen LogP contribution < -0.4 is 27.2 Å². The standard InChI is InChI=1S/C22H20ClN7O3/c1-2-29-21(31)26-20(30(22(29)32)13-14-3-5-15(23)6-4-14)25-16-7-9-17(10-8-16)33-19-12-11-18(24)27-28-19/h3-12H,2,13H2,1H3,(H2,24,27)(H,25,26,31). The first kappa shape index (κ1) is 22.0. The van der Waals surface area contributed by atoms with Crippen LogP contribution in [0.5, 0.6) is 11.6 Å². The number of halogens is 1. The van der Waals surface area contributed by atoms with Crippen LogP contribution in [0.15, 0.2) is 70.3 Å². The molecule has 0 saturated carbocycles. The van der Waals surface area contributed by atoms with Gasteiger partial charge in [-0.05, 0) is 55.0 Å². The molecule has 11 heteroatoms. The molecule has 0 spiro atoms. The summed E-state index contributed by atoms with van der Waals surface area (Å²) in [6.45, 7) is 2.14. The van der Waals surface area contributed by atoms with Crippen molar-refractivity contribution in [3.05, 3.63) is 92.2 Å². The Hall–Kier alpha value is -4.18. The topological polar surface area (TPSA) is 130 Å². The molecule has 0 fully saturated rings. The average molecular weight is 466 g/mol. The molecule has 4 aromatic rings. The van der Waals surface area contributed by atoms with Crippen molar-refractivity contribution in [3.8, 4) is 11.6 Å². The predicted octanol–water partition coefficient (Wildman–Crippen LogP) is 3.03. The first-order valence-electron chi connectivity index (χ1n) is 10.0. The highest BCUT2D eigenvalue weighted by Gasteiger charge is 2.13. The van der Waals surface area contributed by atoms with Crippen molar-refractivity contribution < 1.29 is 4.74 Å². The minimum Gasteiger partial charge on any atom is -0.438 e. The predicted molar refractivity (Wildman–Crippen MR) is 125 cm³/mol. The summed E-state index contributed by atoms with van der Waals surface area (Å²) in [7, 11) is 0. The van der Waals surface area contributed by atoms with Crippen molar-refractivity contribution in [3.63, 3.8) is 0 Å². The van der Waals surface area contributed by atoms with Crippen LogP contribution in [0.25, 0.3) is 0 Å². The maximum Gasteiger partial charge on any atom is 0.354 e. The Balaban J connectivity index is 1.61. The van der Waals surface area contributed by atoms with Gasteiger partial charge in [-0.3, -0.25) is 4.57 Å². The fourth-order valence-electron chi connectivity index (χ4n) is 3.05. The molecule has 0 bridgehead atoms. The van der Waals surface area contributed by atoms with Crippen LogP contribution in [0.3, 0.4) is 0 Å². The molecule has 0 amide bonds. The van der Waals surface area contributed by atoms with Gasteiger partial charge in [-0.15, -0.1) is 10.2 Å². The molecule has 0 atom stereocenters. The number of ether oxygens (including phenoxy) is 1. The molecule has 0 aliphatic rings. The molecule has 2 heterocycles. The third-order valence-corrected chi connectivity index (χ3v) is 4.97. The van der Waals surface area contributed by atoms with E-state index in [9.17, 15) is 9.59 Å². The van der Waals surface area contributed by atoms with E-state index in [1.54, 1.807) is 55.5 Å². The molecular formula is C22H20ClN7O3. The summed E-state index contributed by atoms with van der Waals surface area (Å²) in [4.78, 5) is 29.4. The van der Waals surface area contributed by atoms with Gasteiger partial charge in [0.25, 0.3) is 0 Å². The van der Waals surface area contributed by atoms with E-state index in [2.05, 4.69) is 20.5 Å². The lowest BCUT2D eigenvalue weighted by Gasteiger charge is -2.15. The highest BCUT2D eigenvalue weighted by atomic mass is 35.5. The molecule has 0 aliphatic carbocycles. The number of nitrogens with one attached hydrogen (secondary N) is 1. The quantitative estimate of drug-likeness (QED) is 0.426. The number of hydrogen-bond acceptors (Lipinski definition) is 8. The van der Waals surface area contributed by atoms with Crippen LogP contribution in [0, 0.1) is 0 Å². The molecule has 2 aromatic heterocycles. The van der Waals surface area contributed by atoms with Crippen LogP contribution in [-0.2, 0) is 13.1 Å². The lowest BCUT2D eigenvalue weighted by Crippen LogP contribution is -2.42. The normalized spacial score (nSPS) is 10.7. The highest BCUT2D eigenvalue weighted by molar-refractivity contribution is 6.30. The first-order chi connectivity index (χ1) is 15.9. The van der Waals surface area contributed by atoms with Gasteiger partial charge in [0.15, 0.2) is 0 Å². The Morgan fingerprint density at radius 3 is 2.33 bits per heavy atom. The molecule has 0 aliphatic heterocycles. The Bertz CT molecular complexity index is 1370. The van der Waals surface area contributed by atoms with Crippen LogP contribution in [0.4, 0.5) is 17.5 Å². The first-order valence-corrected chi connectivity index (χ1v) is 10.4. The number of anilines is 3. The molecular weight excluding hydrogens is 446 g/mol. The number of nitrogens with two attached hydrogens (primary N) is 1. The molecule has 0 unspecified atom stereocenters. The summed E-state index contributed by atoms with van der Waals surface area (Å²) in [5.41, 5.74) is 5.88. The van der Waals surface area contributed by atoms with Crippen molar-refractivity contribution in [2.75, 3.05) is 11.1 Å². The summed E-state index contributed by atoms with van der Waals surface area (Å²) in [5, 5.41) is 11.2. The summed E-state index contributed by atoms with van der Waals surface area (Å²) >= 11 is 5.96. The minimum absolute atomic E-state index is 0.128. The van der Waals surface area contributed by atoms with E-state index in [1.807, 2.05) is 12.1 Å². The van der Waals surface area contributed by atoms with Gasteiger partial charge in [-0.1, -0.05) is 23.7 Å². The van der Waals surface area contributed by atoms with Crippen molar-refractivity contribution >= 4 is 29.1 Å². The second-order valence-corrected chi connectivity index (χ2v) is 7.44. The lowest BCUT2D eigenvalue weighted by molar-refractivity contribution is 0.456.